The summed E-state index contributed by atoms with van der Waals surface area (Å²) in [6, 6.07) is 4.65. The number of benzene rings is 1. The molecule has 1 aliphatic rings. The number of fused-ring (bicyclic) bond motifs is 1. The van der Waals surface area contributed by atoms with E-state index < -0.39 is 30.3 Å². The van der Waals surface area contributed by atoms with Gasteiger partial charge in [-0.1, -0.05) is 0 Å². The summed E-state index contributed by atoms with van der Waals surface area (Å²) in [6.45, 7) is 0.935. The maximum atomic E-state index is 12.2. The molecule has 0 radical (unpaired) electrons. The van der Waals surface area contributed by atoms with Gasteiger partial charge < -0.3 is 46.8 Å². The normalized spacial score (nSPS) is 15.0. The molecule has 1 amide bonds. The number of carbonyl (C=O) groups excluding carboxylic acids is 3. The number of nitrogen functional groups attached to an aromatic ring is 1. The van der Waals surface area contributed by atoms with Gasteiger partial charge in [0.2, 0.25) is 5.95 Å². The molecule has 2 heterocycles. The first kappa shape index (κ1) is 25.6. The number of H-pyrrole nitrogens is 1. The molecule has 0 saturated carbocycles. The fourth-order valence-electron chi connectivity index (χ4n) is 3.08. The zero-order chi connectivity index (χ0) is 23.3. The van der Waals surface area contributed by atoms with E-state index in [2.05, 4.69) is 31.2 Å². The zero-order valence-corrected chi connectivity index (χ0v) is 20.4. The van der Waals surface area contributed by atoms with Crippen LogP contribution in [0.25, 0.3) is 0 Å². The minimum absolute atomic E-state index is 0. The first-order valence-corrected chi connectivity index (χ1v) is 9.68. The molecule has 2 unspecified atom stereocenters. The maximum Gasteiger partial charge on any atom is 2.00 e. The summed E-state index contributed by atoms with van der Waals surface area (Å²) in [5, 5.41) is 33.1. The van der Waals surface area contributed by atoms with Crippen molar-refractivity contribution in [2.45, 2.75) is 24.9 Å². The summed E-state index contributed by atoms with van der Waals surface area (Å²) in [6.07, 6.45) is -0.863. The molecule has 0 spiro atoms. The van der Waals surface area contributed by atoms with Gasteiger partial charge >= 0.3 is 19.5 Å². The van der Waals surface area contributed by atoms with Crippen LogP contribution in [-0.2, 0) is 29.1 Å². The number of aromatic amines is 1. The van der Waals surface area contributed by atoms with Gasteiger partial charge in [0.15, 0.2) is 5.82 Å². The Morgan fingerprint density at radius 2 is 1.91 bits per heavy atom. The minimum atomic E-state index is -1.58. The van der Waals surface area contributed by atoms with E-state index in [-0.39, 0.29) is 49.0 Å². The molecule has 170 valence electrons. The number of rotatable bonds is 9. The molecule has 0 bridgehead atoms. The molecule has 13 nitrogen and oxygen atoms in total. The zero-order valence-electron chi connectivity index (χ0n) is 17.5. The van der Waals surface area contributed by atoms with Gasteiger partial charge in [0.05, 0.1) is 18.1 Å². The van der Waals surface area contributed by atoms with Gasteiger partial charge in [0.25, 0.3) is 11.5 Å². The second-order valence-electron chi connectivity index (χ2n) is 7.11. The fraction of sp³-hybridized carbons (Fsp3) is 0.316. The van der Waals surface area contributed by atoms with Gasteiger partial charge in [0, 0.05) is 30.3 Å². The van der Waals surface area contributed by atoms with Gasteiger partial charge in [-0.2, -0.15) is 4.98 Å². The smallest absolute Gasteiger partial charge is 0.550 e. The molecule has 33 heavy (non-hydrogen) atoms. The van der Waals surface area contributed by atoms with Gasteiger partial charge in [0.1, 0.15) is 5.69 Å². The Hall–Kier alpha value is -3.67. The molecule has 14 heteroatoms. The molecule has 3 rings (SSSR count). The quantitative estimate of drug-likeness (QED) is 0.188. The van der Waals surface area contributed by atoms with E-state index in [0.29, 0.717) is 30.3 Å². The largest absolute Gasteiger partial charge is 2.00 e. The first-order valence-electron chi connectivity index (χ1n) is 9.68. The average Bonchev–Trinajstić information content (AvgIpc) is 2.75. The fourth-order valence-corrected chi connectivity index (χ4v) is 3.08. The van der Waals surface area contributed by atoms with Gasteiger partial charge in [-0.25, -0.2) is 0 Å². The van der Waals surface area contributed by atoms with E-state index in [9.17, 15) is 29.4 Å². The number of carbonyl (C=O) groups is 3. The van der Waals surface area contributed by atoms with E-state index >= 15 is 0 Å². The van der Waals surface area contributed by atoms with Crippen molar-refractivity contribution in [1.82, 2.24) is 15.3 Å². The van der Waals surface area contributed by atoms with Crippen LogP contribution >= 0.6 is 0 Å². The summed E-state index contributed by atoms with van der Waals surface area (Å²) in [5.74, 6) is -3.27. The van der Waals surface area contributed by atoms with E-state index in [0.717, 1.165) is 0 Å². The second kappa shape index (κ2) is 11.3. The number of aliphatic carboxylic acids is 2. The van der Waals surface area contributed by atoms with Crippen molar-refractivity contribution >= 4 is 41.0 Å². The van der Waals surface area contributed by atoms with Crippen LogP contribution in [0.4, 0.5) is 23.1 Å². The molecule has 1 aromatic carbocycles. The van der Waals surface area contributed by atoms with Crippen molar-refractivity contribution in [1.29, 1.82) is 0 Å². The molecular formula is C19H21N7O6Zn. The van der Waals surface area contributed by atoms with Crippen molar-refractivity contribution in [2.75, 3.05) is 34.8 Å². The van der Waals surface area contributed by atoms with E-state index in [1.165, 1.54) is 12.1 Å². The molecule has 1 aliphatic heterocycles. The number of nitrogens with zero attached hydrogens (tertiary/aromatic N) is 1. The predicted octanol–water partition coefficient (Wildman–Crippen LogP) is -2.95. The van der Waals surface area contributed by atoms with Crippen LogP contribution in [0.1, 0.15) is 23.2 Å². The number of carboxylic acids is 2. The topological polar surface area (TPSA) is 217 Å². The van der Waals surface area contributed by atoms with Crippen molar-refractivity contribution in [2.24, 2.45) is 0 Å². The van der Waals surface area contributed by atoms with Crippen LogP contribution in [0.3, 0.4) is 0 Å². The third-order valence-corrected chi connectivity index (χ3v) is 4.73. The van der Waals surface area contributed by atoms with E-state index in [1.807, 2.05) is 0 Å². The Morgan fingerprint density at radius 3 is 2.55 bits per heavy atom. The Morgan fingerprint density at radius 1 is 1.21 bits per heavy atom. The summed E-state index contributed by atoms with van der Waals surface area (Å²) < 4.78 is 0. The van der Waals surface area contributed by atoms with Crippen LogP contribution in [0.15, 0.2) is 29.1 Å². The van der Waals surface area contributed by atoms with Crippen molar-refractivity contribution in [3.8, 4) is 0 Å². The number of hydrogen-bond acceptors (Lipinski definition) is 11. The Labute approximate surface area is 200 Å². The first-order chi connectivity index (χ1) is 15.2. The third-order valence-electron chi connectivity index (χ3n) is 4.73. The van der Waals surface area contributed by atoms with Gasteiger partial charge in [-0.3, -0.25) is 14.6 Å². The summed E-state index contributed by atoms with van der Waals surface area (Å²) in [5.41, 5.74) is 6.32. The maximum absolute atomic E-state index is 12.2. The van der Waals surface area contributed by atoms with Gasteiger partial charge in [-0.15, -0.1) is 0 Å². The number of anilines is 4. The summed E-state index contributed by atoms with van der Waals surface area (Å²) >= 11 is 0. The monoisotopic (exact) mass is 507 g/mol. The Bertz CT molecular complexity index is 1080. The standard InChI is InChI=1S/C19H23N7O6.Zn/c20-19-25-15-14(17(30)26-19)23-11(8-22-15)7-21-10-3-1-9(2-4-10)16(29)24-12(18(31)32)5-6-13(27)28;/h1-4,11-12,21,23H,5-8H2,(H,24,29)(H,27,28)(H,31,32)(H4,20,22,25,26,30);/q;+2/p-2. The molecule has 2 aromatic rings. The van der Waals surface area contributed by atoms with E-state index in [4.69, 9.17) is 5.73 Å². The molecule has 0 saturated heterocycles. The van der Waals surface area contributed by atoms with Crippen LogP contribution in [0, 0.1) is 0 Å². The van der Waals surface area contributed by atoms with Crippen molar-refractivity contribution in [3.63, 3.8) is 0 Å². The SMILES string of the molecule is Nc1nc2c(c(=O)[nH]1)NC(CNc1ccc(C(=O)NC(CCC(=O)[O-])C(=O)[O-])cc1)CN2.[Zn+2]. The molecule has 0 fully saturated rings. The second-order valence-corrected chi connectivity index (χ2v) is 7.11. The third kappa shape index (κ3) is 6.91. The van der Waals surface area contributed by atoms with E-state index in [1.54, 1.807) is 12.1 Å². The predicted molar refractivity (Wildman–Crippen MR) is 111 cm³/mol. The van der Waals surface area contributed by atoms with Crippen LogP contribution in [0.5, 0.6) is 0 Å². The Kier molecular flexibility index (Phi) is 8.74. The Balaban J connectivity index is 0.00000385. The van der Waals surface area contributed by atoms with Crippen LogP contribution in [-0.4, -0.2) is 53.0 Å². The number of nitrogens with two attached hydrogens (primary N) is 1. The van der Waals surface area contributed by atoms with Crippen LogP contribution < -0.4 is 42.8 Å². The number of amides is 1. The number of hydrogen-bond donors (Lipinski definition) is 6. The molecule has 2 atom stereocenters. The molecule has 7 N–H and O–H groups in total. The minimum Gasteiger partial charge on any atom is -0.550 e. The molecular weight excluding hydrogens is 488 g/mol. The van der Waals surface area contributed by atoms with Crippen molar-refractivity contribution < 1.29 is 44.1 Å². The molecule has 0 aliphatic carbocycles. The summed E-state index contributed by atoms with van der Waals surface area (Å²) in [4.78, 5) is 52.3. The summed E-state index contributed by atoms with van der Waals surface area (Å²) in [7, 11) is 0. The van der Waals surface area contributed by atoms with Gasteiger partial charge in [-0.05, 0) is 37.1 Å². The number of aromatic nitrogens is 2. The molecule has 1 aromatic heterocycles. The number of nitrogens with one attached hydrogen (secondary N) is 5. The van der Waals surface area contributed by atoms with Crippen LogP contribution in [0.2, 0.25) is 0 Å². The number of carboxylic acid groups (broad SMARTS) is 2. The van der Waals surface area contributed by atoms with Crippen molar-refractivity contribution in [3.05, 3.63) is 40.2 Å². The average molecular weight is 509 g/mol.